The summed E-state index contributed by atoms with van der Waals surface area (Å²) in [4.78, 5) is 32.8. The lowest BCUT2D eigenvalue weighted by atomic mass is 10.2. The molecule has 140 valence electrons. The zero-order valence-corrected chi connectivity index (χ0v) is 14.7. The molecule has 3 aromatic rings. The number of carbonyl (C=O) groups is 1. The molecule has 0 saturated heterocycles. The first-order chi connectivity index (χ1) is 13.0. The van der Waals surface area contributed by atoms with E-state index in [1.54, 1.807) is 20.0 Å². The highest BCUT2D eigenvalue weighted by molar-refractivity contribution is 5.93. The number of benzene rings is 1. The molecule has 1 N–H and O–H groups in total. The molecule has 2 aromatic heterocycles. The Morgan fingerprint density at radius 2 is 2.07 bits per heavy atom. The van der Waals surface area contributed by atoms with Crippen molar-refractivity contribution in [1.29, 1.82) is 0 Å². The smallest absolute Gasteiger partial charge is 0.263 e. The topological polar surface area (TPSA) is 101 Å². The molecular weight excluding hydrogens is 355 g/mol. The van der Waals surface area contributed by atoms with Gasteiger partial charge in [-0.15, -0.1) is 0 Å². The third kappa shape index (κ3) is 4.20. The van der Waals surface area contributed by atoms with Gasteiger partial charge in [0.05, 0.1) is 6.04 Å². The number of carbonyl (C=O) groups excluding carboxylic acids is 1. The van der Waals surface area contributed by atoms with Crippen LogP contribution in [0.4, 0.5) is 4.39 Å². The second-order valence-corrected chi connectivity index (χ2v) is 5.83. The van der Waals surface area contributed by atoms with Gasteiger partial charge in [0.25, 0.3) is 11.5 Å². The number of halogens is 1. The highest BCUT2D eigenvalue weighted by Gasteiger charge is 2.23. The van der Waals surface area contributed by atoms with Crippen LogP contribution in [0.3, 0.4) is 0 Å². The van der Waals surface area contributed by atoms with Crippen LogP contribution in [-0.2, 0) is 6.61 Å². The average Bonchev–Trinajstić information content (AvgIpc) is 3.21. The molecule has 0 aliphatic carbocycles. The Morgan fingerprint density at radius 3 is 2.70 bits per heavy atom. The number of hydrogen-bond acceptors (Lipinski definition) is 6. The van der Waals surface area contributed by atoms with Crippen LogP contribution in [0.25, 0.3) is 0 Å². The molecule has 3 rings (SSSR count). The Hall–Kier alpha value is -3.49. The van der Waals surface area contributed by atoms with Crippen LogP contribution in [0.1, 0.15) is 34.8 Å². The minimum atomic E-state index is -0.577. The van der Waals surface area contributed by atoms with E-state index in [0.717, 1.165) is 0 Å². The molecule has 1 aromatic carbocycles. The van der Waals surface area contributed by atoms with Crippen LogP contribution in [0.5, 0.6) is 5.75 Å². The van der Waals surface area contributed by atoms with E-state index in [1.807, 2.05) is 0 Å². The number of aromatic nitrogens is 3. The maximum absolute atomic E-state index is 12.9. The van der Waals surface area contributed by atoms with E-state index in [-0.39, 0.29) is 29.9 Å². The van der Waals surface area contributed by atoms with Crippen molar-refractivity contribution in [2.45, 2.75) is 19.6 Å². The summed E-state index contributed by atoms with van der Waals surface area (Å²) in [5, 5.41) is 3.80. The summed E-state index contributed by atoms with van der Waals surface area (Å²) in [6.45, 7) is 1.74. The second kappa shape index (κ2) is 7.81. The van der Waals surface area contributed by atoms with Gasteiger partial charge < -0.3 is 19.1 Å². The fourth-order valence-corrected chi connectivity index (χ4v) is 2.34. The van der Waals surface area contributed by atoms with E-state index in [1.165, 1.54) is 41.6 Å². The van der Waals surface area contributed by atoms with E-state index in [9.17, 15) is 14.0 Å². The minimum absolute atomic E-state index is 0.0273. The van der Waals surface area contributed by atoms with Gasteiger partial charge in [-0.25, -0.2) is 9.37 Å². The van der Waals surface area contributed by atoms with Crippen LogP contribution < -0.4 is 10.3 Å². The molecule has 1 unspecified atom stereocenters. The lowest BCUT2D eigenvalue weighted by Crippen LogP contribution is -2.34. The first-order valence-corrected chi connectivity index (χ1v) is 8.09. The number of nitrogens with one attached hydrogen (secondary N) is 1. The zero-order valence-electron chi connectivity index (χ0n) is 14.7. The molecule has 0 aliphatic heterocycles. The van der Waals surface area contributed by atoms with Gasteiger partial charge in [0.15, 0.2) is 0 Å². The molecule has 9 heteroatoms. The van der Waals surface area contributed by atoms with Crippen LogP contribution >= 0.6 is 0 Å². The Morgan fingerprint density at radius 1 is 1.33 bits per heavy atom. The molecule has 8 nitrogen and oxygen atoms in total. The highest BCUT2D eigenvalue weighted by atomic mass is 19.1. The Balaban J connectivity index is 1.69. The summed E-state index contributed by atoms with van der Waals surface area (Å²) in [7, 11) is 1.56. The molecule has 2 heterocycles. The summed E-state index contributed by atoms with van der Waals surface area (Å²) >= 11 is 0. The number of amides is 1. The third-order valence-corrected chi connectivity index (χ3v) is 4.06. The van der Waals surface area contributed by atoms with Crippen LogP contribution in [0.2, 0.25) is 0 Å². The number of ether oxygens (including phenoxy) is 1. The van der Waals surface area contributed by atoms with Gasteiger partial charge >= 0.3 is 0 Å². The SMILES string of the molecule is CC(c1ccon1)N(C)C(=O)c1cnc(COc2ccc(F)cc2)[nH]c1=O. The number of hydrogen-bond donors (Lipinski definition) is 1. The van der Waals surface area contributed by atoms with Gasteiger partial charge in [-0.05, 0) is 31.2 Å². The summed E-state index contributed by atoms with van der Waals surface area (Å²) in [5.74, 6) is -0.195. The van der Waals surface area contributed by atoms with E-state index in [4.69, 9.17) is 9.26 Å². The van der Waals surface area contributed by atoms with Crippen molar-refractivity contribution in [3.63, 3.8) is 0 Å². The summed E-state index contributed by atoms with van der Waals surface area (Å²) in [5.41, 5.74) is -0.107. The van der Waals surface area contributed by atoms with E-state index < -0.39 is 11.5 Å². The number of nitrogens with zero attached hydrogens (tertiary/aromatic N) is 3. The van der Waals surface area contributed by atoms with Crippen molar-refractivity contribution in [2.24, 2.45) is 0 Å². The Kier molecular flexibility index (Phi) is 5.30. The fraction of sp³-hybridized carbons (Fsp3) is 0.222. The highest BCUT2D eigenvalue weighted by Crippen LogP contribution is 2.18. The maximum atomic E-state index is 12.9. The molecule has 0 radical (unpaired) electrons. The quantitative estimate of drug-likeness (QED) is 0.712. The molecule has 0 bridgehead atoms. The third-order valence-electron chi connectivity index (χ3n) is 4.06. The molecule has 1 amide bonds. The van der Waals surface area contributed by atoms with E-state index in [0.29, 0.717) is 11.4 Å². The summed E-state index contributed by atoms with van der Waals surface area (Å²) < 4.78 is 23.1. The summed E-state index contributed by atoms with van der Waals surface area (Å²) in [6.07, 6.45) is 2.62. The molecular formula is C18H17FN4O4. The van der Waals surface area contributed by atoms with Gasteiger partial charge in [-0.2, -0.15) is 0 Å². The van der Waals surface area contributed by atoms with Crippen molar-refractivity contribution >= 4 is 5.91 Å². The average molecular weight is 372 g/mol. The standard InChI is InChI=1S/C18H17FN4O4/c1-11(15-7-8-27-22-15)23(2)18(25)14-9-20-16(21-17(14)24)10-26-13-5-3-12(19)4-6-13/h3-9,11H,10H2,1-2H3,(H,20,21,24). The van der Waals surface area contributed by atoms with Gasteiger partial charge in [-0.3, -0.25) is 9.59 Å². The zero-order chi connectivity index (χ0) is 19.4. The molecule has 1 atom stereocenters. The maximum Gasteiger partial charge on any atom is 0.263 e. The monoisotopic (exact) mass is 372 g/mol. The molecule has 0 spiro atoms. The van der Waals surface area contributed by atoms with Crippen LogP contribution in [0.15, 0.2) is 52.1 Å². The predicted molar refractivity (Wildman–Crippen MR) is 92.6 cm³/mol. The number of rotatable bonds is 6. The van der Waals surface area contributed by atoms with Gasteiger partial charge in [-0.1, -0.05) is 5.16 Å². The first-order valence-electron chi connectivity index (χ1n) is 8.09. The van der Waals surface area contributed by atoms with Crippen LogP contribution in [0, 0.1) is 5.82 Å². The largest absolute Gasteiger partial charge is 0.486 e. The second-order valence-electron chi connectivity index (χ2n) is 5.83. The first kappa shape index (κ1) is 18.3. The fourth-order valence-electron chi connectivity index (χ4n) is 2.34. The van der Waals surface area contributed by atoms with Gasteiger partial charge in [0.1, 0.15) is 41.5 Å². The van der Waals surface area contributed by atoms with E-state index in [2.05, 4.69) is 15.1 Å². The van der Waals surface area contributed by atoms with Gasteiger partial charge in [0.2, 0.25) is 0 Å². The van der Waals surface area contributed by atoms with E-state index >= 15 is 0 Å². The van der Waals surface area contributed by atoms with Crippen molar-refractivity contribution in [3.8, 4) is 5.75 Å². The molecule has 27 heavy (non-hydrogen) atoms. The van der Waals surface area contributed by atoms with Crippen LogP contribution in [-0.4, -0.2) is 33.0 Å². The number of H-pyrrole nitrogens is 1. The number of aromatic amines is 1. The van der Waals surface area contributed by atoms with Crippen molar-refractivity contribution < 1.29 is 18.4 Å². The lowest BCUT2D eigenvalue weighted by molar-refractivity contribution is 0.0735. The Bertz CT molecular complexity index is 970. The Labute approximate surface area is 153 Å². The predicted octanol–water partition coefficient (Wildman–Crippen LogP) is 2.31. The lowest BCUT2D eigenvalue weighted by Gasteiger charge is -2.22. The normalized spacial score (nSPS) is 11.8. The minimum Gasteiger partial charge on any atom is -0.486 e. The molecule has 0 saturated carbocycles. The molecule has 0 aliphatic rings. The molecule has 0 fully saturated rings. The van der Waals surface area contributed by atoms with Crippen molar-refractivity contribution in [3.05, 3.63) is 76.0 Å². The van der Waals surface area contributed by atoms with Gasteiger partial charge in [0, 0.05) is 19.3 Å². The summed E-state index contributed by atoms with van der Waals surface area (Å²) in [6, 6.07) is 6.72. The van der Waals surface area contributed by atoms with Crippen molar-refractivity contribution in [2.75, 3.05) is 7.05 Å². The van der Waals surface area contributed by atoms with Crippen molar-refractivity contribution in [1.82, 2.24) is 20.0 Å².